The molecule has 2 aliphatic heterocycles. The number of nitriles is 1. The van der Waals surface area contributed by atoms with Crippen molar-refractivity contribution in [2.75, 3.05) is 24.9 Å². The van der Waals surface area contributed by atoms with E-state index in [0.29, 0.717) is 46.3 Å². The van der Waals surface area contributed by atoms with Gasteiger partial charge in [-0.15, -0.1) is 11.3 Å². The Kier molecular flexibility index (Phi) is 7.86. The normalized spacial score (nSPS) is 15.2. The highest BCUT2D eigenvalue weighted by molar-refractivity contribution is 8.00. The summed E-state index contributed by atoms with van der Waals surface area (Å²) in [4.78, 5) is 6.72. The Hall–Kier alpha value is -4.21. The van der Waals surface area contributed by atoms with Crippen LogP contribution in [-0.2, 0) is 6.18 Å². The van der Waals surface area contributed by atoms with Crippen LogP contribution in [0.3, 0.4) is 0 Å². The van der Waals surface area contributed by atoms with Gasteiger partial charge in [0.25, 0.3) is 0 Å². The molecule has 40 heavy (non-hydrogen) atoms. The number of halogens is 4. The van der Waals surface area contributed by atoms with E-state index in [2.05, 4.69) is 21.1 Å². The summed E-state index contributed by atoms with van der Waals surface area (Å²) in [5.41, 5.74) is 2.98. The third-order valence-corrected chi connectivity index (χ3v) is 7.44. The van der Waals surface area contributed by atoms with E-state index in [9.17, 15) is 22.8 Å². The lowest BCUT2D eigenvalue weighted by Gasteiger charge is -2.31. The molecule has 3 aromatic rings. The van der Waals surface area contributed by atoms with Gasteiger partial charge in [0, 0.05) is 52.5 Å². The third-order valence-electron chi connectivity index (χ3n) is 6.06. The number of rotatable bonds is 7. The van der Waals surface area contributed by atoms with Crippen LogP contribution in [0.4, 0.5) is 23.4 Å². The molecular weight excluding hydrogens is 562 g/mol. The molecular formula is C28H21F4N5OS2. The van der Waals surface area contributed by atoms with Gasteiger partial charge in [0.1, 0.15) is 29.2 Å². The van der Waals surface area contributed by atoms with Gasteiger partial charge in [0.2, 0.25) is 0 Å². The van der Waals surface area contributed by atoms with Crippen molar-refractivity contribution in [2.24, 2.45) is 0 Å². The molecule has 2 N–H and O–H groups in total. The van der Waals surface area contributed by atoms with Crippen LogP contribution in [-0.4, -0.2) is 30.0 Å². The van der Waals surface area contributed by atoms with Crippen LogP contribution in [0.1, 0.15) is 16.7 Å². The number of allylic oxidation sites excluding steroid dienone is 4. The maximum absolute atomic E-state index is 14.4. The smallest absolute Gasteiger partial charge is 0.419 e. The number of benzene rings is 2. The van der Waals surface area contributed by atoms with Crippen LogP contribution >= 0.6 is 23.3 Å². The number of likely N-dealkylation sites (N-methyl/N-ethyl adjacent to an activating group) is 1. The predicted octanol–water partition coefficient (Wildman–Crippen LogP) is 6.95. The first-order valence-corrected chi connectivity index (χ1v) is 13.7. The number of hydrogen-bond donors (Lipinski definition) is 2. The highest BCUT2D eigenvalue weighted by atomic mass is 32.2. The number of nitrogens with zero attached hydrogens (tertiary/aromatic N) is 3. The van der Waals surface area contributed by atoms with E-state index in [-0.39, 0.29) is 6.54 Å². The van der Waals surface area contributed by atoms with Crippen molar-refractivity contribution < 1.29 is 22.3 Å². The fourth-order valence-corrected chi connectivity index (χ4v) is 5.35. The van der Waals surface area contributed by atoms with E-state index >= 15 is 0 Å². The van der Waals surface area contributed by atoms with Crippen molar-refractivity contribution in [1.29, 1.82) is 5.26 Å². The first-order valence-electron chi connectivity index (χ1n) is 11.9. The van der Waals surface area contributed by atoms with E-state index < -0.39 is 17.6 Å². The first-order chi connectivity index (χ1) is 19.2. The largest absolute Gasteiger partial charge is 0.458 e. The molecule has 0 spiro atoms. The standard InChI is InChI=1S/C28H21F4N5OS2/c1-37-14-26(38-25-7-5-20(9-19(25)12-33)40-36-27-15-39-16-35-27)21(18-3-2-8-34-13-18)11-24(37)17-4-6-22(23(29)10-17)28(30,31)32/h2-7,9-11,13,15-16,34,36H,8,14H2,1H3. The minimum atomic E-state index is -4.78. The molecule has 5 rings (SSSR count). The Morgan fingerprint density at radius 3 is 2.75 bits per heavy atom. The Bertz CT molecular complexity index is 1590. The quantitative estimate of drug-likeness (QED) is 0.230. The van der Waals surface area contributed by atoms with Crippen molar-refractivity contribution in [2.45, 2.75) is 11.1 Å². The highest BCUT2D eigenvalue weighted by Gasteiger charge is 2.34. The van der Waals surface area contributed by atoms with Gasteiger partial charge in [-0.05, 0) is 48.4 Å². The van der Waals surface area contributed by atoms with Gasteiger partial charge < -0.3 is 19.7 Å². The minimum absolute atomic E-state index is 0.224. The SMILES string of the molecule is CN1CC(Oc2ccc(SNc3cscn3)cc2C#N)=C(C2=CNCC=C2)C=C1c1ccc(C(F)(F)F)c(F)c1. The lowest BCUT2D eigenvalue weighted by molar-refractivity contribution is -0.140. The van der Waals surface area contributed by atoms with Crippen molar-refractivity contribution in [3.8, 4) is 11.8 Å². The van der Waals surface area contributed by atoms with Crippen LogP contribution < -0.4 is 14.8 Å². The van der Waals surface area contributed by atoms with E-state index in [1.807, 2.05) is 23.6 Å². The van der Waals surface area contributed by atoms with Gasteiger partial charge in [-0.3, -0.25) is 0 Å². The summed E-state index contributed by atoms with van der Waals surface area (Å²) in [6.45, 7) is 0.863. The number of anilines is 1. The number of dihydropyridines is 1. The van der Waals surface area contributed by atoms with Crippen molar-refractivity contribution in [1.82, 2.24) is 15.2 Å². The number of hydrogen-bond acceptors (Lipinski definition) is 8. The number of aromatic nitrogens is 1. The van der Waals surface area contributed by atoms with E-state index in [4.69, 9.17) is 4.74 Å². The lowest BCUT2D eigenvalue weighted by atomic mass is 9.96. The molecule has 0 atom stereocenters. The van der Waals surface area contributed by atoms with E-state index in [1.54, 1.807) is 41.9 Å². The second-order valence-electron chi connectivity index (χ2n) is 8.77. The summed E-state index contributed by atoms with van der Waals surface area (Å²) in [6.07, 6.45) is 2.59. The van der Waals surface area contributed by atoms with E-state index in [0.717, 1.165) is 22.6 Å². The van der Waals surface area contributed by atoms with Crippen LogP contribution in [0.25, 0.3) is 5.70 Å². The van der Waals surface area contributed by atoms with E-state index in [1.165, 1.54) is 29.4 Å². The summed E-state index contributed by atoms with van der Waals surface area (Å²) in [5.74, 6) is 0.251. The summed E-state index contributed by atoms with van der Waals surface area (Å²) < 4.78 is 63.2. The zero-order valence-electron chi connectivity index (χ0n) is 20.9. The minimum Gasteiger partial charge on any atom is -0.458 e. The number of nitrogens with one attached hydrogen (secondary N) is 2. The van der Waals surface area contributed by atoms with Gasteiger partial charge in [-0.2, -0.15) is 18.4 Å². The molecule has 204 valence electrons. The lowest BCUT2D eigenvalue weighted by Crippen LogP contribution is -2.27. The monoisotopic (exact) mass is 583 g/mol. The Labute approximate surface area is 236 Å². The zero-order valence-corrected chi connectivity index (χ0v) is 22.6. The van der Waals surface area contributed by atoms with Crippen LogP contribution in [0.15, 0.2) is 93.5 Å². The molecule has 0 saturated carbocycles. The van der Waals surface area contributed by atoms with Gasteiger partial charge >= 0.3 is 6.18 Å². The Morgan fingerprint density at radius 1 is 1.23 bits per heavy atom. The van der Waals surface area contributed by atoms with Crippen molar-refractivity contribution >= 4 is 34.8 Å². The fraction of sp³-hybridized carbons (Fsp3) is 0.143. The molecule has 0 unspecified atom stereocenters. The molecule has 0 bridgehead atoms. The summed E-state index contributed by atoms with van der Waals surface area (Å²) in [5, 5.41) is 14.8. The van der Waals surface area contributed by atoms with Crippen LogP contribution in [0.5, 0.6) is 5.75 Å². The molecule has 0 fully saturated rings. The average Bonchev–Trinajstić information content (AvgIpc) is 3.46. The topological polar surface area (TPSA) is 73.2 Å². The summed E-state index contributed by atoms with van der Waals surface area (Å²) in [7, 11) is 1.74. The molecule has 0 amide bonds. The molecule has 0 radical (unpaired) electrons. The maximum atomic E-state index is 14.4. The molecule has 12 heteroatoms. The number of ether oxygens (including phenoxy) is 1. The van der Waals surface area contributed by atoms with Crippen LogP contribution in [0.2, 0.25) is 0 Å². The molecule has 2 aromatic carbocycles. The molecule has 2 aliphatic rings. The molecule has 0 saturated heterocycles. The zero-order chi connectivity index (χ0) is 28.3. The Morgan fingerprint density at radius 2 is 2.08 bits per heavy atom. The molecule has 6 nitrogen and oxygen atoms in total. The molecule has 0 aliphatic carbocycles. The Balaban J connectivity index is 1.49. The molecule has 3 heterocycles. The fourth-order valence-electron chi connectivity index (χ4n) is 4.15. The summed E-state index contributed by atoms with van der Waals surface area (Å²) in [6, 6.07) is 10.3. The second kappa shape index (κ2) is 11.5. The maximum Gasteiger partial charge on any atom is 0.419 e. The highest BCUT2D eigenvalue weighted by Crippen LogP contribution is 2.37. The predicted molar refractivity (Wildman–Crippen MR) is 148 cm³/mol. The van der Waals surface area contributed by atoms with Crippen molar-refractivity contribution in [3.63, 3.8) is 0 Å². The first kappa shape index (κ1) is 27.4. The van der Waals surface area contributed by atoms with Crippen molar-refractivity contribution in [3.05, 3.63) is 111 Å². The number of alkyl halides is 3. The van der Waals surface area contributed by atoms with Gasteiger partial charge in [-0.1, -0.05) is 18.2 Å². The average molecular weight is 584 g/mol. The van der Waals surface area contributed by atoms with Crippen LogP contribution in [0, 0.1) is 17.1 Å². The van der Waals surface area contributed by atoms with Gasteiger partial charge in [0.15, 0.2) is 0 Å². The summed E-state index contributed by atoms with van der Waals surface area (Å²) >= 11 is 2.78. The molecule has 1 aromatic heterocycles. The third kappa shape index (κ3) is 6.00. The van der Waals surface area contributed by atoms with Gasteiger partial charge in [0.05, 0.1) is 23.2 Å². The number of thiazole rings is 1. The van der Waals surface area contributed by atoms with Gasteiger partial charge in [-0.25, -0.2) is 9.37 Å². The second-order valence-corrected chi connectivity index (χ2v) is 10.4.